The fraction of sp³-hybridized carbons (Fsp3) is 0.593. The minimum atomic E-state index is -1.15. The van der Waals surface area contributed by atoms with E-state index in [1.807, 2.05) is 13.8 Å². The van der Waals surface area contributed by atoms with Gasteiger partial charge < -0.3 is 32.4 Å². The van der Waals surface area contributed by atoms with Gasteiger partial charge in [-0.1, -0.05) is 32.4 Å². The average Bonchev–Trinajstić information content (AvgIpc) is 3.52. The van der Waals surface area contributed by atoms with Gasteiger partial charge in [0, 0.05) is 43.9 Å². The van der Waals surface area contributed by atoms with Crippen molar-refractivity contribution in [2.24, 2.45) is 35.0 Å². The van der Waals surface area contributed by atoms with E-state index in [4.69, 9.17) is 29.8 Å². The van der Waals surface area contributed by atoms with Gasteiger partial charge in [0.15, 0.2) is 0 Å². The van der Waals surface area contributed by atoms with Gasteiger partial charge in [0.1, 0.15) is 7.85 Å². The van der Waals surface area contributed by atoms with Gasteiger partial charge in [0.05, 0.1) is 18.1 Å². The van der Waals surface area contributed by atoms with Gasteiger partial charge >= 0.3 is 0 Å². The van der Waals surface area contributed by atoms with Crippen molar-refractivity contribution in [3.05, 3.63) is 53.4 Å². The average molecular weight is 497 g/mol. The molecule has 2 heterocycles. The first-order valence-corrected chi connectivity index (χ1v) is 13.1. The van der Waals surface area contributed by atoms with E-state index >= 15 is 0 Å². The van der Waals surface area contributed by atoms with Crippen LogP contribution in [0.2, 0.25) is 0 Å². The first-order chi connectivity index (χ1) is 17.2. The second kappa shape index (κ2) is 14.3. The zero-order valence-corrected chi connectivity index (χ0v) is 22.1. The third kappa shape index (κ3) is 8.01. The number of hydrogen-bond donors (Lipinski definition) is 5. The third-order valence-corrected chi connectivity index (χ3v) is 7.13. The van der Waals surface area contributed by atoms with E-state index in [1.165, 1.54) is 25.3 Å². The van der Waals surface area contributed by atoms with E-state index in [0.717, 1.165) is 49.9 Å². The second-order valence-corrected chi connectivity index (χ2v) is 9.50. The first-order valence-electron chi connectivity index (χ1n) is 13.1. The van der Waals surface area contributed by atoms with Crippen molar-refractivity contribution in [2.75, 3.05) is 33.4 Å². The number of nitrogens with one attached hydrogen (secondary N) is 1. The van der Waals surface area contributed by atoms with Crippen molar-refractivity contribution in [3.63, 3.8) is 0 Å². The predicted molar refractivity (Wildman–Crippen MR) is 146 cm³/mol. The van der Waals surface area contributed by atoms with Crippen LogP contribution in [-0.4, -0.2) is 62.7 Å². The summed E-state index contributed by atoms with van der Waals surface area (Å²) in [6.45, 7) is 7.39. The van der Waals surface area contributed by atoms with Crippen LogP contribution in [0.15, 0.2) is 42.2 Å². The number of fused-ring (bicyclic) bond motifs is 1. The molecule has 3 aliphatic rings. The number of aliphatic hydroxyl groups is 1. The molecule has 4 atom stereocenters. The molecule has 0 spiro atoms. The third-order valence-electron chi connectivity index (χ3n) is 7.13. The highest BCUT2D eigenvalue weighted by atomic mass is 16.5. The number of allylic oxidation sites excluding steroid dienone is 2. The van der Waals surface area contributed by atoms with Gasteiger partial charge in [-0.3, -0.25) is 9.69 Å². The summed E-state index contributed by atoms with van der Waals surface area (Å²) in [5.41, 5.74) is 17.0. The van der Waals surface area contributed by atoms with Crippen LogP contribution in [0.1, 0.15) is 61.9 Å². The van der Waals surface area contributed by atoms with Crippen LogP contribution in [0.3, 0.4) is 0 Å². The summed E-state index contributed by atoms with van der Waals surface area (Å²) in [6.07, 6.45) is 9.10. The summed E-state index contributed by atoms with van der Waals surface area (Å²) >= 11 is 0. The van der Waals surface area contributed by atoms with Crippen molar-refractivity contribution in [1.82, 2.24) is 10.2 Å². The van der Waals surface area contributed by atoms with Crippen LogP contribution >= 0.6 is 0 Å². The molecule has 8 N–H and O–H groups in total. The summed E-state index contributed by atoms with van der Waals surface area (Å²) < 4.78 is 5.46. The highest BCUT2D eigenvalue weighted by molar-refractivity contribution is 6.14. The number of benzene rings is 1. The Morgan fingerprint density at radius 2 is 1.75 bits per heavy atom. The van der Waals surface area contributed by atoms with Gasteiger partial charge in [-0.2, -0.15) is 0 Å². The Labute approximate surface area is 217 Å². The lowest BCUT2D eigenvalue weighted by molar-refractivity contribution is -0.113. The van der Waals surface area contributed by atoms with Gasteiger partial charge in [-0.15, -0.1) is 0 Å². The summed E-state index contributed by atoms with van der Waals surface area (Å²) in [7, 11) is 7.78. The Morgan fingerprint density at radius 1 is 1.11 bits per heavy atom. The molecule has 2 saturated heterocycles. The minimum Gasteiger partial charge on any atom is -0.398 e. The molecule has 198 valence electrons. The van der Waals surface area contributed by atoms with E-state index < -0.39 is 5.62 Å². The second-order valence-electron chi connectivity index (χ2n) is 9.50. The molecule has 36 heavy (non-hydrogen) atoms. The maximum absolute atomic E-state index is 11.4. The van der Waals surface area contributed by atoms with Crippen molar-refractivity contribution in [3.8, 4) is 0 Å². The molecule has 8 nitrogen and oxygen atoms in total. The van der Waals surface area contributed by atoms with Crippen molar-refractivity contribution >= 4 is 19.5 Å². The fourth-order valence-corrected chi connectivity index (χ4v) is 5.13. The summed E-state index contributed by atoms with van der Waals surface area (Å²) in [5.74, 6) is 1.64. The minimum absolute atomic E-state index is 0.0788. The Balaban J connectivity index is 0.000000237. The Bertz CT molecular complexity index is 883. The highest BCUT2D eigenvalue weighted by Crippen LogP contribution is 2.41. The van der Waals surface area contributed by atoms with E-state index in [9.17, 15) is 9.90 Å². The van der Waals surface area contributed by atoms with Crippen molar-refractivity contribution in [2.45, 2.75) is 51.6 Å². The molecule has 2 radical (unpaired) electrons. The number of nitrogens with two attached hydrogens (primary N) is 3. The molecule has 0 bridgehead atoms. The first kappa shape index (κ1) is 29.7. The molecule has 4 unspecified atom stereocenters. The lowest BCUT2D eigenvalue weighted by Gasteiger charge is -2.43. The monoisotopic (exact) mass is 497 g/mol. The summed E-state index contributed by atoms with van der Waals surface area (Å²) in [6, 6.07) is 6.98. The van der Waals surface area contributed by atoms with Crippen LogP contribution in [0.4, 0.5) is 0 Å². The number of nitrogens with zero attached hydrogens (tertiary/aromatic N) is 1. The number of likely N-dealkylation sites (tertiary alicyclic amines) is 1. The molecule has 1 amide bonds. The quantitative estimate of drug-likeness (QED) is 0.310. The van der Waals surface area contributed by atoms with Crippen LogP contribution in [0, 0.1) is 17.8 Å². The molecule has 1 aromatic rings. The Hall–Kier alpha value is -2.49. The Morgan fingerprint density at radius 3 is 2.31 bits per heavy atom. The van der Waals surface area contributed by atoms with Crippen LogP contribution in [0.25, 0.3) is 5.70 Å². The van der Waals surface area contributed by atoms with Crippen molar-refractivity contribution in [1.29, 1.82) is 0 Å². The van der Waals surface area contributed by atoms with Gasteiger partial charge in [-0.25, -0.2) is 0 Å². The smallest absolute Gasteiger partial charge is 0.251 e. The number of hydrogen-bond acceptors (Lipinski definition) is 7. The largest absolute Gasteiger partial charge is 0.398 e. The molecule has 0 aromatic heterocycles. The number of rotatable bonds is 5. The molecule has 1 saturated carbocycles. The zero-order valence-electron chi connectivity index (χ0n) is 22.1. The summed E-state index contributed by atoms with van der Waals surface area (Å²) in [5, 5.41) is 13.2. The maximum atomic E-state index is 11.4. The van der Waals surface area contributed by atoms with Gasteiger partial charge in [-0.05, 0) is 67.4 Å². The van der Waals surface area contributed by atoms with Crippen LogP contribution < -0.4 is 22.5 Å². The van der Waals surface area contributed by atoms with E-state index in [1.54, 1.807) is 37.4 Å². The number of carbonyl (C=O) groups is 1. The normalized spacial score (nSPS) is 25.2. The van der Waals surface area contributed by atoms with E-state index in [2.05, 4.69) is 10.2 Å². The maximum Gasteiger partial charge on any atom is 0.251 e. The van der Waals surface area contributed by atoms with Crippen LogP contribution in [0.5, 0.6) is 0 Å². The predicted octanol–water partition coefficient (Wildman–Crippen LogP) is 2.09. The van der Waals surface area contributed by atoms with Crippen LogP contribution in [-0.2, 0) is 4.74 Å². The highest BCUT2D eigenvalue weighted by Gasteiger charge is 2.45. The summed E-state index contributed by atoms with van der Waals surface area (Å²) in [4.78, 5) is 13.5. The van der Waals surface area contributed by atoms with E-state index in [-0.39, 0.29) is 17.6 Å². The molecule has 2 aliphatic heterocycles. The standard InChI is InChI=1S/C13H22BNO2.C12H16N4O.C2H6/c14-13(16,12-5-2-6-17-9-12)15-7-10-3-1-4-11(10)8-15;1-16-12(17)9-4-2-3-8(7-9)10(13)5-6-11(14)15;1-2/h10-12,16H,1-9H2;2-7H,13-15H2,1H3,(H,16,17);1-2H3/b;10-5-;. The fourth-order valence-electron chi connectivity index (χ4n) is 5.13. The van der Waals surface area contributed by atoms with Gasteiger partial charge in [0.2, 0.25) is 0 Å². The number of carbonyl (C=O) groups excluding carboxylic acids is 1. The number of ether oxygens (including phenoxy) is 1. The Kier molecular flexibility index (Phi) is 11.8. The van der Waals surface area contributed by atoms with Crippen molar-refractivity contribution < 1.29 is 14.6 Å². The zero-order chi connectivity index (χ0) is 26.7. The lowest BCUT2D eigenvalue weighted by atomic mass is 9.75. The SMILES string of the molecule is CC.CNC(=O)c1cccc(/C(N)=C/C=C(N)N)c1.[B]C(O)(C1CCCOC1)N1CC2CCCC2C1. The molecular weight excluding hydrogens is 453 g/mol. The topological polar surface area (TPSA) is 140 Å². The molecular formula is C27H44BN5O3. The van der Waals surface area contributed by atoms with E-state index in [0.29, 0.717) is 17.9 Å². The van der Waals surface area contributed by atoms with Gasteiger partial charge in [0.25, 0.3) is 5.91 Å². The number of amides is 1. The lowest BCUT2D eigenvalue weighted by Crippen LogP contribution is -2.56. The molecule has 1 aromatic carbocycles. The molecule has 3 fully saturated rings. The molecule has 9 heteroatoms. The molecule has 4 rings (SSSR count). The molecule has 1 aliphatic carbocycles.